The molecule has 0 radical (unpaired) electrons. The van der Waals surface area contributed by atoms with Crippen molar-refractivity contribution >= 4 is 10.0 Å². The van der Waals surface area contributed by atoms with Gasteiger partial charge in [-0.3, -0.25) is 4.90 Å². The van der Waals surface area contributed by atoms with E-state index in [4.69, 9.17) is 4.74 Å². The van der Waals surface area contributed by atoms with Gasteiger partial charge in [-0.15, -0.1) is 0 Å². The van der Waals surface area contributed by atoms with Crippen molar-refractivity contribution in [1.82, 2.24) is 9.62 Å². The highest BCUT2D eigenvalue weighted by Gasteiger charge is 2.25. The third-order valence-electron chi connectivity index (χ3n) is 5.95. The van der Waals surface area contributed by atoms with Crippen LogP contribution in [0.15, 0.2) is 47.4 Å². The van der Waals surface area contributed by atoms with E-state index in [-0.39, 0.29) is 6.04 Å². The van der Waals surface area contributed by atoms with Gasteiger partial charge in [-0.1, -0.05) is 35.9 Å². The second-order valence-corrected chi connectivity index (χ2v) is 9.85. The van der Waals surface area contributed by atoms with E-state index in [1.54, 1.807) is 6.07 Å². The van der Waals surface area contributed by atoms with Gasteiger partial charge in [0.25, 0.3) is 0 Å². The van der Waals surface area contributed by atoms with Crippen molar-refractivity contribution in [3.05, 3.63) is 64.7 Å². The van der Waals surface area contributed by atoms with Crippen molar-refractivity contribution in [2.24, 2.45) is 0 Å². The topological polar surface area (TPSA) is 58.6 Å². The molecule has 156 valence electrons. The Morgan fingerprint density at radius 2 is 1.69 bits per heavy atom. The molecule has 4 rings (SSSR count). The first kappa shape index (κ1) is 20.5. The summed E-state index contributed by atoms with van der Waals surface area (Å²) >= 11 is 0. The predicted molar refractivity (Wildman–Crippen MR) is 115 cm³/mol. The molecule has 0 bridgehead atoms. The average Bonchev–Trinajstić information content (AvgIpc) is 2.74. The number of ether oxygens (including phenoxy) is 1. The summed E-state index contributed by atoms with van der Waals surface area (Å²) in [6.45, 7) is 5.71. The predicted octanol–water partition coefficient (Wildman–Crippen LogP) is 3.23. The molecule has 6 heteroatoms. The van der Waals surface area contributed by atoms with E-state index in [2.05, 4.69) is 9.62 Å². The number of fused-ring (bicyclic) bond motifs is 1. The second-order valence-electron chi connectivity index (χ2n) is 8.14. The van der Waals surface area contributed by atoms with Crippen LogP contribution in [0.25, 0.3) is 0 Å². The van der Waals surface area contributed by atoms with Gasteiger partial charge in [-0.25, -0.2) is 13.1 Å². The fraction of sp³-hybridized carbons (Fsp3) is 0.478. The van der Waals surface area contributed by atoms with Crippen molar-refractivity contribution in [1.29, 1.82) is 0 Å². The lowest BCUT2D eigenvalue weighted by Crippen LogP contribution is -2.43. The van der Waals surface area contributed by atoms with Crippen LogP contribution in [-0.4, -0.2) is 46.2 Å². The maximum absolute atomic E-state index is 13.3. The minimum absolute atomic E-state index is 0.297. The normalized spacial score (nSPS) is 18.9. The Bertz CT molecular complexity index is 935. The zero-order chi connectivity index (χ0) is 20.3. The van der Waals surface area contributed by atoms with Crippen LogP contribution >= 0.6 is 0 Å². The van der Waals surface area contributed by atoms with Crippen molar-refractivity contribution in [2.45, 2.75) is 43.5 Å². The van der Waals surface area contributed by atoms with E-state index >= 15 is 0 Å². The molecule has 2 aromatic rings. The fourth-order valence-corrected chi connectivity index (χ4v) is 5.45. The summed E-state index contributed by atoms with van der Waals surface area (Å²) in [5.41, 5.74) is 4.62. The number of sulfonamides is 1. The maximum atomic E-state index is 13.3. The van der Waals surface area contributed by atoms with Gasteiger partial charge in [0.2, 0.25) is 10.0 Å². The van der Waals surface area contributed by atoms with Crippen molar-refractivity contribution in [3.63, 3.8) is 0 Å². The minimum Gasteiger partial charge on any atom is -0.379 e. The van der Waals surface area contributed by atoms with Crippen LogP contribution in [0.2, 0.25) is 0 Å². The Hall–Kier alpha value is -1.73. The Kier molecular flexibility index (Phi) is 6.35. The molecule has 1 aliphatic carbocycles. The zero-order valence-electron chi connectivity index (χ0n) is 17.1. The van der Waals surface area contributed by atoms with Crippen LogP contribution in [-0.2, 0) is 27.6 Å². The number of nitrogens with zero attached hydrogens (tertiary/aromatic N) is 1. The Morgan fingerprint density at radius 1 is 1.00 bits per heavy atom. The molecule has 0 aromatic heterocycles. The van der Waals surface area contributed by atoms with E-state index in [0.29, 0.717) is 24.7 Å². The van der Waals surface area contributed by atoms with E-state index in [9.17, 15) is 8.42 Å². The highest BCUT2D eigenvalue weighted by Crippen LogP contribution is 2.25. The first-order chi connectivity index (χ1) is 14.0. The van der Waals surface area contributed by atoms with Crippen LogP contribution in [0.1, 0.15) is 41.1 Å². The number of hydrogen-bond acceptors (Lipinski definition) is 4. The number of morpholine rings is 1. The molecule has 1 saturated heterocycles. The van der Waals surface area contributed by atoms with Gasteiger partial charge in [0.15, 0.2) is 0 Å². The smallest absolute Gasteiger partial charge is 0.241 e. The van der Waals surface area contributed by atoms with Gasteiger partial charge in [-0.2, -0.15) is 0 Å². The van der Waals surface area contributed by atoms with Gasteiger partial charge < -0.3 is 4.74 Å². The molecule has 29 heavy (non-hydrogen) atoms. The SMILES string of the molecule is Cc1ccc(C(CN2CCOCC2)NS(=O)(=O)c2ccc3c(c2)CCCC3)cc1. The van der Waals surface area contributed by atoms with Crippen molar-refractivity contribution in [2.75, 3.05) is 32.8 Å². The lowest BCUT2D eigenvalue weighted by molar-refractivity contribution is 0.0345. The van der Waals surface area contributed by atoms with Crippen LogP contribution in [0, 0.1) is 6.92 Å². The summed E-state index contributed by atoms with van der Waals surface area (Å²) in [4.78, 5) is 2.64. The van der Waals surface area contributed by atoms with Gasteiger partial charge in [-0.05, 0) is 61.4 Å². The van der Waals surface area contributed by atoms with Crippen LogP contribution < -0.4 is 4.72 Å². The third kappa shape index (κ3) is 5.07. The fourth-order valence-electron chi connectivity index (χ4n) is 4.18. The third-order valence-corrected chi connectivity index (χ3v) is 7.42. The first-order valence-corrected chi connectivity index (χ1v) is 12.0. The summed E-state index contributed by atoms with van der Waals surface area (Å²) in [5, 5.41) is 0. The number of benzene rings is 2. The second kappa shape index (κ2) is 8.96. The monoisotopic (exact) mass is 414 g/mol. The first-order valence-electron chi connectivity index (χ1n) is 10.5. The number of aryl methyl sites for hydroxylation is 3. The highest BCUT2D eigenvalue weighted by atomic mass is 32.2. The van der Waals surface area contributed by atoms with Crippen LogP contribution in [0.3, 0.4) is 0 Å². The number of nitrogens with one attached hydrogen (secondary N) is 1. The molecule has 1 aliphatic heterocycles. The molecule has 0 saturated carbocycles. The highest BCUT2D eigenvalue weighted by molar-refractivity contribution is 7.89. The number of hydrogen-bond donors (Lipinski definition) is 1. The summed E-state index contributed by atoms with van der Waals surface area (Å²) in [6.07, 6.45) is 4.33. The summed E-state index contributed by atoms with van der Waals surface area (Å²) in [7, 11) is -3.61. The molecule has 5 nitrogen and oxygen atoms in total. The van der Waals surface area contributed by atoms with E-state index < -0.39 is 10.0 Å². The van der Waals surface area contributed by atoms with E-state index in [1.165, 1.54) is 17.5 Å². The molecule has 1 atom stereocenters. The van der Waals surface area contributed by atoms with Crippen molar-refractivity contribution in [3.8, 4) is 0 Å². The largest absolute Gasteiger partial charge is 0.379 e. The number of rotatable bonds is 6. The Morgan fingerprint density at radius 3 is 2.41 bits per heavy atom. The van der Waals surface area contributed by atoms with E-state index in [1.807, 2.05) is 43.3 Å². The lowest BCUT2D eigenvalue weighted by atomic mass is 9.92. The zero-order valence-corrected chi connectivity index (χ0v) is 17.9. The molecule has 0 spiro atoms. The molecule has 1 unspecified atom stereocenters. The molecular formula is C23H30N2O3S. The van der Waals surface area contributed by atoms with Crippen LogP contribution in [0.5, 0.6) is 0 Å². The summed E-state index contributed by atoms with van der Waals surface area (Å²) in [5.74, 6) is 0. The quantitative estimate of drug-likeness (QED) is 0.789. The van der Waals surface area contributed by atoms with Crippen LogP contribution in [0.4, 0.5) is 0 Å². The van der Waals surface area contributed by atoms with Gasteiger partial charge >= 0.3 is 0 Å². The average molecular weight is 415 g/mol. The lowest BCUT2D eigenvalue weighted by Gasteiger charge is -2.31. The maximum Gasteiger partial charge on any atom is 0.241 e. The summed E-state index contributed by atoms with van der Waals surface area (Å²) in [6, 6.07) is 13.4. The summed E-state index contributed by atoms with van der Waals surface area (Å²) < 4.78 is 34.9. The Labute approximate surface area is 174 Å². The molecular weight excluding hydrogens is 384 g/mol. The molecule has 1 heterocycles. The van der Waals surface area contributed by atoms with Crippen molar-refractivity contribution < 1.29 is 13.2 Å². The minimum atomic E-state index is -3.61. The molecule has 2 aromatic carbocycles. The van der Waals surface area contributed by atoms with Gasteiger partial charge in [0, 0.05) is 19.6 Å². The van der Waals surface area contributed by atoms with Gasteiger partial charge in [0.05, 0.1) is 24.2 Å². The molecule has 1 N–H and O–H groups in total. The molecule has 2 aliphatic rings. The Balaban J connectivity index is 1.59. The van der Waals surface area contributed by atoms with E-state index in [0.717, 1.165) is 43.5 Å². The molecule has 1 fully saturated rings. The van der Waals surface area contributed by atoms with Gasteiger partial charge in [0.1, 0.15) is 0 Å². The molecule has 0 amide bonds. The standard InChI is InChI=1S/C23H30N2O3S/c1-18-6-8-20(9-7-18)23(17-25-12-14-28-15-13-25)24-29(26,27)22-11-10-19-4-2-3-5-21(19)16-22/h6-11,16,23-24H,2-5,12-15,17H2,1H3.